The fourth-order valence-corrected chi connectivity index (χ4v) is 2.87. The maximum Gasteiger partial charge on any atom is 0.320 e. The lowest BCUT2D eigenvalue weighted by Crippen LogP contribution is -2.38. The number of amides is 2. The molecule has 2 aromatic rings. The zero-order chi connectivity index (χ0) is 16.2. The van der Waals surface area contributed by atoms with Crippen LogP contribution in [0.25, 0.3) is 0 Å². The molecule has 0 aliphatic heterocycles. The van der Waals surface area contributed by atoms with Gasteiger partial charge in [-0.2, -0.15) is 0 Å². The van der Waals surface area contributed by atoms with E-state index in [4.69, 9.17) is 0 Å². The molecule has 0 spiro atoms. The maximum atomic E-state index is 11.9. The van der Waals surface area contributed by atoms with Gasteiger partial charge in [0.05, 0.1) is 0 Å². The van der Waals surface area contributed by atoms with E-state index in [0.717, 1.165) is 12.8 Å². The normalized spacial score (nSPS) is 19.7. The number of aryl methyl sites for hydroxylation is 1. The van der Waals surface area contributed by atoms with Crippen LogP contribution in [0.2, 0.25) is 0 Å². The van der Waals surface area contributed by atoms with Crippen LogP contribution < -0.4 is 16.2 Å². The van der Waals surface area contributed by atoms with Gasteiger partial charge in [-0.3, -0.25) is 10.1 Å². The summed E-state index contributed by atoms with van der Waals surface area (Å²) < 4.78 is 1.37. The first kappa shape index (κ1) is 15.3. The van der Waals surface area contributed by atoms with Crippen LogP contribution in [0.1, 0.15) is 24.3 Å². The summed E-state index contributed by atoms with van der Waals surface area (Å²) in [4.78, 5) is 27.5. The van der Waals surface area contributed by atoms with Gasteiger partial charge in [-0.1, -0.05) is 30.3 Å². The molecule has 1 saturated carbocycles. The van der Waals surface area contributed by atoms with Crippen LogP contribution in [0.3, 0.4) is 0 Å². The lowest BCUT2D eigenvalue weighted by atomic mass is 9.71. The van der Waals surface area contributed by atoms with E-state index in [2.05, 4.69) is 39.9 Å². The van der Waals surface area contributed by atoms with Crippen LogP contribution in [0.5, 0.6) is 0 Å². The van der Waals surface area contributed by atoms with Gasteiger partial charge in [0.15, 0.2) is 0 Å². The Morgan fingerprint density at radius 1 is 1.30 bits per heavy atom. The number of benzene rings is 1. The Morgan fingerprint density at radius 2 is 2.04 bits per heavy atom. The van der Waals surface area contributed by atoms with Crippen LogP contribution in [0.4, 0.5) is 10.6 Å². The molecule has 1 aliphatic rings. The number of urea groups is 1. The van der Waals surface area contributed by atoms with Crippen molar-refractivity contribution in [3.63, 3.8) is 0 Å². The third-order valence-corrected chi connectivity index (χ3v) is 4.31. The second-order valence-electron chi connectivity index (χ2n) is 5.97. The van der Waals surface area contributed by atoms with E-state index < -0.39 is 0 Å². The molecule has 0 atom stereocenters. The Bertz CT molecular complexity index is 736. The van der Waals surface area contributed by atoms with Gasteiger partial charge >= 0.3 is 6.03 Å². The van der Waals surface area contributed by atoms with E-state index in [0.29, 0.717) is 18.4 Å². The predicted molar refractivity (Wildman–Crippen MR) is 88.4 cm³/mol. The maximum absolute atomic E-state index is 11.9. The van der Waals surface area contributed by atoms with Crippen molar-refractivity contribution in [1.29, 1.82) is 0 Å². The van der Waals surface area contributed by atoms with Crippen molar-refractivity contribution in [2.75, 3.05) is 11.9 Å². The predicted octanol–water partition coefficient (Wildman–Crippen LogP) is 2.10. The average molecular weight is 312 g/mol. The number of nitrogens with one attached hydrogen (secondary N) is 2. The SMILES string of the molecule is Cn1ccnc(NC(=O)NCC2CC(c3ccccc3)C2)c1=O. The molecular weight excluding hydrogens is 292 g/mol. The molecule has 1 heterocycles. The lowest BCUT2D eigenvalue weighted by molar-refractivity contribution is 0.233. The van der Waals surface area contributed by atoms with E-state index in [1.54, 1.807) is 13.2 Å². The van der Waals surface area contributed by atoms with Crippen LogP contribution in [-0.4, -0.2) is 22.1 Å². The monoisotopic (exact) mass is 312 g/mol. The van der Waals surface area contributed by atoms with Crippen LogP contribution in [0.15, 0.2) is 47.5 Å². The van der Waals surface area contributed by atoms with E-state index >= 15 is 0 Å². The summed E-state index contributed by atoms with van der Waals surface area (Å²) in [5.74, 6) is 1.12. The largest absolute Gasteiger partial charge is 0.338 e. The van der Waals surface area contributed by atoms with Crippen molar-refractivity contribution in [3.05, 3.63) is 58.6 Å². The fraction of sp³-hybridized carbons (Fsp3) is 0.353. The van der Waals surface area contributed by atoms with Gasteiger partial charge < -0.3 is 9.88 Å². The summed E-state index contributed by atoms with van der Waals surface area (Å²) in [7, 11) is 1.62. The quantitative estimate of drug-likeness (QED) is 0.907. The van der Waals surface area contributed by atoms with E-state index in [9.17, 15) is 9.59 Å². The molecular formula is C17H20N4O2. The summed E-state index contributed by atoms with van der Waals surface area (Å²) in [6.07, 6.45) is 5.18. The number of anilines is 1. The van der Waals surface area contributed by atoms with Crippen LogP contribution >= 0.6 is 0 Å². The third-order valence-electron chi connectivity index (χ3n) is 4.31. The number of carbonyl (C=O) groups is 1. The topological polar surface area (TPSA) is 76.0 Å². The Labute approximate surface area is 134 Å². The first-order valence-corrected chi connectivity index (χ1v) is 7.75. The van der Waals surface area contributed by atoms with E-state index in [-0.39, 0.29) is 17.4 Å². The zero-order valence-electron chi connectivity index (χ0n) is 13.0. The van der Waals surface area contributed by atoms with Gasteiger partial charge in [-0.05, 0) is 30.2 Å². The highest BCUT2D eigenvalue weighted by atomic mass is 16.2. The van der Waals surface area contributed by atoms with Gasteiger partial charge in [0, 0.05) is 26.0 Å². The number of nitrogens with zero attached hydrogens (tertiary/aromatic N) is 2. The van der Waals surface area contributed by atoms with Gasteiger partial charge in [-0.15, -0.1) is 0 Å². The molecule has 0 bridgehead atoms. The minimum Gasteiger partial charge on any atom is -0.338 e. The molecule has 0 unspecified atom stereocenters. The van der Waals surface area contributed by atoms with Gasteiger partial charge in [0.2, 0.25) is 5.82 Å². The van der Waals surface area contributed by atoms with Crippen molar-refractivity contribution in [3.8, 4) is 0 Å². The highest BCUT2D eigenvalue weighted by molar-refractivity contribution is 5.87. The molecule has 0 radical (unpaired) electrons. The van der Waals surface area contributed by atoms with Crippen molar-refractivity contribution < 1.29 is 4.79 Å². The smallest absolute Gasteiger partial charge is 0.320 e. The summed E-state index contributed by atoms with van der Waals surface area (Å²) in [6, 6.07) is 10.1. The lowest BCUT2D eigenvalue weighted by Gasteiger charge is -2.35. The second kappa shape index (κ2) is 6.64. The molecule has 6 nitrogen and oxygen atoms in total. The van der Waals surface area contributed by atoms with Crippen LogP contribution in [0, 0.1) is 5.92 Å². The summed E-state index contributed by atoms with van der Waals surface area (Å²) in [5, 5.41) is 5.32. The second-order valence-corrected chi connectivity index (χ2v) is 5.97. The van der Waals surface area contributed by atoms with Gasteiger partial charge in [-0.25, -0.2) is 9.78 Å². The Morgan fingerprint density at radius 3 is 2.78 bits per heavy atom. The highest BCUT2D eigenvalue weighted by Crippen LogP contribution is 2.40. The molecule has 23 heavy (non-hydrogen) atoms. The van der Waals surface area contributed by atoms with E-state index in [1.807, 2.05) is 6.07 Å². The first-order valence-electron chi connectivity index (χ1n) is 7.75. The first-order chi connectivity index (χ1) is 11.1. The molecule has 6 heteroatoms. The Hall–Kier alpha value is -2.63. The number of hydrogen-bond acceptors (Lipinski definition) is 3. The highest BCUT2D eigenvalue weighted by Gasteiger charge is 2.30. The number of rotatable bonds is 4. The Kier molecular flexibility index (Phi) is 4.41. The molecule has 1 aromatic carbocycles. The third kappa shape index (κ3) is 3.59. The van der Waals surface area contributed by atoms with Crippen molar-refractivity contribution in [1.82, 2.24) is 14.9 Å². The van der Waals surface area contributed by atoms with Gasteiger partial charge in [0.1, 0.15) is 0 Å². The summed E-state index contributed by atoms with van der Waals surface area (Å²) in [6.45, 7) is 0.613. The molecule has 1 aromatic heterocycles. The molecule has 1 aliphatic carbocycles. The molecule has 1 fully saturated rings. The molecule has 120 valence electrons. The van der Waals surface area contributed by atoms with E-state index in [1.165, 1.54) is 16.3 Å². The standard InChI is InChI=1S/C17H20N4O2/c1-21-8-7-18-15(16(21)22)20-17(23)19-11-12-9-14(10-12)13-5-3-2-4-6-13/h2-8,12,14H,9-11H2,1H3,(H2,18,19,20,23). The zero-order valence-corrected chi connectivity index (χ0v) is 13.0. The summed E-state index contributed by atoms with van der Waals surface area (Å²) in [5.41, 5.74) is 1.04. The molecule has 3 rings (SSSR count). The summed E-state index contributed by atoms with van der Waals surface area (Å²) >= 11 is 0. The molecule has 2 amide bonds. The van der Waals surface area contributed by atoms with Crippen molar-refractivity contribution >= 4 is 11.8 Å². The number of carbonyl (C=O) groups excluding carboxylic acids is 1. The van der Waals surface area contributed by atoms with Gasteiger partial charge in [0.25, 0.3) is 5.56 Å². The average Bonchev–Trinajstić information content (AvgIpc) is 2.51. The minimum absolute atomic E-state index is 0.0447. The Balaban J connectivity index is 1.44. The number of hydrogen-bond donors (Lipinski definition) is 2. The van der Waals surface area contributed by atoms with Crippen LogP contribution in [-0.2, 0) is 7.05 Å². The molecule has 2 N–H and O–H groups in total. The van der Waals surface area contributed by atoms with Crippen molar-refractivity contribution in [2.45, 2.75) is 18.8 Å². The van der Waals surface area contributed by atoms with Crippen molar-refractivity contribution in [2.24, 2.45) is 13.0 Å². The number of aromatic nitrogens is 2. The minimum atomic E-state index is -0.385. The molecule has 0 saturated heterocycles. The fourth-order valence-electron chi connectivity index (χ4n) is 2.87.